The van der Waals surface area contributed by atoms with Gasteiger partial charge in [-0.3, -0.25) is 4.99 Å². The van der Waals surface area contributed by atoms with E-state index in [4.69, 9.17) is 11.5 Å². The molecule has 0 saturated carbocycles. The minimum absolute atomic E-state index is 0.330. The van der Waals surface area contributed by atoms with E-state index in [0.717, 1.165) is 22.4 Å². The smallest absolute Gasteiger partial charge is 0.104 e. The molecule has 92 valence electrons. The molecule has 1 aromatic heterocycles. The fourth-order valence-electron chi connectivity index (χ4n) is 2.24. The summed E-state index contributed by atoms with van der Waals surface area (Å²) in [4.78, 5) is 11.6. The van der Waals surface area contributed by atoms with E-state index in [1.807, 2.05) is 31.2 Å². The Morgan fingerprint density at radius 3 is 3.00 bits per heavy atom. The average Bonchev–Trinajstić information content (AvgIpc) is 2.72. The second-order valence-electron chi connectivity index (χ2n) is 4.63. The molecule has 0 aliphatic carbocycles. The van der Waals surface area contributed by atoms with E-state index < -0.39 is 5.54 Å². The molecular weight excluding hydrogens is 226 g/mol. The first kappa shape index (κ1) is 11.1. The molecule has 2 atom stereocenters. The molecule has 3 rings (SSSR count). The molecule has 18 heavy (non-hydrogen) atoms. The van der Waals surface area contributed by atoms with E-state index in [0.29, 0.717) is 0 Å². The lowest BCUT2D eigenvalue weighted by molar-refractivity contribution is 0.517. The highest BCUT2D eigenvalue weighted by atomic mass is 14.9. The summed E-state index contributed by atoms with van der Waals surface area (Å²) in [6, 6.07) is 5.59. The number of hydrogen-bond acceptors (Lipinski definition) is 4. The van der Waals surface area contributed by atoms with Crippen LogP contribution in [0.2, 0.25) is 0 Å². The minimum atomic E-state index is -0.713. The number of aromatic nitrogens is 2. The van der Waals surface area contributed by atoms with Crippen LogP contribution < -0.4 is 11.5 Å². The maximum absolute atomic E-state index is 6.38. The number of nitrogens with two attached hydrogens (primary N) is 2. The van der Waals surface area contributed by atoms with Crippen LogP contribution >= 0.6 is 0 Å². The summed E-state index contributed by atoms with van der Waals surface area (Å²) >= 11 is 0. The number of aromatic amines is 1. The van der Waals surface area contributed by atoms with E-state index in [9.17, 15) is 0 Å². The average molecular weight is 241 g/mol. The number of hydrogen-bond donors (Lipinski definition) is 3. The normalized spacial score (nSPS) is 26.9. The summed E-state index contributed by atoms with van der Waals surface area (Å²) in [6.45, 7) is 1.93. The van der Waals surface area contributed by atoms with Gasteiger partial charge in [0.05, 0.1) is 22.6 Å². The fourth-order valence-corrected chi connectivity index (χ4v) is 2.24. The lowest BCUT2D eigenvalue weighted by Crippen LogP contribution is -2.53. The van der Waals surface area contributed by atoms with Crippen molar-refractivity contribution < 1.29 is 0 Å². The topological polar surface area (TPSA) is 93.1 Å². The molecule has 1 aromatic carbocycles. The van der Waals surface area contributed by atoms with E-state index in [1.54, 1.807) is 12.4 Å². The molecule has 5 N–H and O–H groups in total. The van der Waals surface area contributed by atoms with Crippen LogP contribution in [-0.4, -0.2) is 22.2 Å². The van der Waals surface area contributed by atoms with E-state index >= 15 is 0 Å². The number of fused-ring (bicyclic) bond motifs is 1. The highest BCUT2D eigenvalue weighted by Crippen LogP contribution is 2.27. The third kappa shape index (κ3) is 1.56. The van der Waals surface area contributed by atoms with Crippen molar-refractivity contribution in [2.24, 2.45) is 16.5 Å². The van der Waals surface area contributed by atoms with Crippen molar-refractivity contribution in [3.05, 3.63) is 41.9 Å². The number of benzene rings is 1. The van der Waals surface area contributed by atoms with E-state index in [1.165, 1.54) is 0 Å². The third-order valence-corrected chi connectivity index (χ3v) is 3.33. The van der Waals surface area contributed by atoms with Gasteiger partial charge in [0, 0.05) is 12.4 Å². The molecule has 1 aliphatic heterocycles. The Morgan fingerprint density at radius 2 is 2.22 bits per heavy atom. The first-order chi connectivity index (χ1) is 8.59. The lowest BCUT2D eigenvalue weighted by Gasteiger charge is -2.32. The number of nitrogens with one attached hydrogen (secondary N) is 1. The molecule has 0 spiro atoms. The zero-order valence-electron chi connectivity index (χ0n) is 10.1. The Kier molecular flexibility index (Phi) is 2.33. The van der Waals surface area contributed by atoms with E-state index in [-0.39, 0.29) is 6.04 Å². The predicted octanol–water partition coefficient (Wildman–Crippen LogP) is 0.951. The van der Waals surface area contributed by atoms with Crippen LogP contribution in [0.3, 0.4) is 0 Å². The Morgan fingerprint density at radius 1 is 1.39 bits per heavy atom. The molecule has 0 amide bonds. The molecule has 1 aliphatic rings. The van der Waals surface area contributed by atoms with Crippen LogP contribution in [0.5, 0.6) is 0 Å². The van der Waals surface area contributed by atoms with Crippen molar-refractivity contribution in [3.63, 3.8) is 0 Å². The first-order valence-electron chi connectivity index (χ1n) is 5.82. The van der Waals surface area contributed by atoms with Crippen molar-refractivity contribution in [2.45, 2.75) is 18.5 Å². The van der Waals surface area contributed by atoms with Crippen LogP contribution in [0.1, 0.15) is 11.4 Å². The fraction of sp³-hybridized carbons (Fsp3) is 0.231. The summed E-state index contributed by atoms with van der Waals surface area (Å²) < 4.78 is 0. The van der Waals surface area contributed by atoms with Gasteiger partial charge in [-0.2, -0.15) is 0 Å². The first-order valence-corrected chi connectivity index (χ1v) is 5.82. The molecule has 0 saturated heterocycles. The van der Waals surface area contributed by atoms with Crippen LogP contribution in [0.4, 0.5) is 0 Å². The van der Waals surface area contributed by atoms with Crippen LogP contribution in [0.15, 0.2) is 35.5 Å². The molecular formula is C13H15N5. The zero-order chi connectivity index (χ0) is 12.8. The van der Waals surface area contributed by atoms with Gasteiger partial charge in [-0.05, 0) is 30.7 Å². The van der Waals surface area contributed by atoms with Gasteiger partial charge in [0.1, 0.15) is 5.82 Å². The van der Waals surface area contributed by atoms with Crippen molar-refractivity contribution in [1.29, 1.82) is 0 Å². The third-order valence-electron chi connectivity index (χ3n) is 3.33. The number of imidazole rings is 1. The van der Waals surface area contributed by atoms with Crippen LogP contribution in [0, 0.1) is 6.92 Å². The molecule has 0 radical (unpaired) electrons. The van der Waals surface area contributed by atoms with Gasteiger partial charge in [-0.15, -0.1) is 0 Å². The Bertz CT molecular complexity index is 654. The Balaban J connectivity index is 2.13. The second-order valence-corrected chi connectivity index (χ2v) is 4.63. The van der Waals surface area contributed by atoms with Crippen molar-refractivity contribution in [1.82, 2.24) is 9.97 Å². The molecule has 0 bridgehead atoms. The van der Waals surface area contributed by atoms with Crippen LogP contribution in [-0.2, 0) is 5.54 Å². The maximum Gasteiger partial charge on any atom is 0.104 e. The van der Waals surface area contributed by atoms with Gasteiger partial charge in [0.2, 0.25) is 0 Å². The second kappa shape index (κ2) is 3.76. The predicted molar refractivity (Wildman–Crippen MR) is 72.3 cm³/mol. The molecule has 5 heteroatoms. The van der Waals surface area contributed by atoms with E-state index in [2.05, 4.69) is 15.0 Å². The number of aryl methyl sites for hydroxylation is 1. The summed E-state index contributed by atoms with van der Waals surface area (Å²) in [5.74, 6) is 0.887. The standard InChI is InChI=1S/C13H15N5/c1-8-17-10-3-2-9(6-11(10)18-8)13(15)4-5-16-7-12(13)14/h2-7,12H,14-15H2,1H3,(H,17,18). The van der Waals surface area contributed by atoms with Gasteiger partial charge >= 0.3 is 0 Å². The van der Waals surface area contributed by atoms with Gasteiger partial charge in [-0.1, -0.05) is 6.07 Å². The quantitative estimate of drug-likeness (QED) is 0.694. The van der Waals surface area contributed by atoms with Gasteiger partial charge in [0.15, 0.2) is 0 Å². The summed E-state index contributed by atoms with van der Waals surface area (Å²) in [5.41, 5.74) is 14.6. The molecule has 2 aromatic rings. The largest absolute Gasteiger partial charge is 0.342 e. The van der Waals surface area contributed by atoms with Gasteiger partial charge < -0.3 is 16.5 Å². The number of H-pyrrole nitrogens is 1. The molecule has 5 nitrogen and oxygen atoms in total. The summed E-state index contributed by atoms with van der Waals surface area (Å²) in [7, 11) is 0. The highest BCUT2D eigenvalue weighted by Gasteiger charge is 2.32. The number of nitrogens with zero attached hydrogens (tertiary/aromatic N) is 2. The number of aliphatic imine (C=N–C) groups is 1. The van der Waals surface area contributed by atoms with Gasteiger partial charge in [0.25, 0.3) is 0 Å². The van der Waals surface area contributed by atoms with Gasteiger partial charge in [-0.25, -0.2) is 4.98 Å². The lowest BCUT2D eigenvalue weighted by atomic mass is 9.83. The van der Waals surface area contributed by atoms with Crippen LogP contribution in [0.25, 0.3) is 11.0 Å². The number of rotatable bonds is 1. The summed E-state index contributed by atoms with van der Waals surface area (Å²) in [5, 5.41) is 0. The Labute approximate surface area is 105 Å². The highest BCUT2D eigenvalue weighted by molar-refractivity contribution is 5.78. The van der Waals surface area contributed by atoms with Crippen molar-refractivity contribution in [3.8, 4) is 0 Å². The maximum atomic E-state index is 6.38. The zero-order valence-corrected chi connectivity index (χ0v) is 10.1. The Hall–Kier alpha value is -1.98. The molecule has 0 fully saturated rings. The van der Waals surface area contributed by atoms with Crippen molar-refractivity contribution in [2.75, 3.05) is 0 Å². The monoisotopic (exact) mass is 241 g/mol. The van der Waals surface area contributed by atoms with Crippen molar-refractivity contribution >= 4 is 17.2 Å². The SMILES string of the molecule is Cc1nc2ccc(C3(N)C=CN=CC3N)cc2[nH]1. The molecule has 2 unspecified atom stereocenters. The molecule has 2 heterocycles. The summed E-state index contributed by atoms with van der Waals surface area (Å²) in [6.07, 6.45) is 5.19. The minimum Gasteiger partial charge on any atom is -0.342 e.